The van der Waals surface area contributed by atoms with E-state index < -0.39 is 0 Å². The number of benzene rings is 1. The molecule has 0 saturated carbocycles. The summed E-state index contributed by atoms with van der Waals surface area (Å²) in [6.45, 7) is 7.72. The van der Waals surface area contributed by atoms with E-state index in [1.807, 2.05) is 18.2 Å². The standard InChI is InChI=1S/C16H27NO3/c1-13(2)12-20-7-5-6-17-11-14-8-15(18-3)10-16(9-14)19-4/h8-10,13,17H,5-7,11-12H2,1-4H3. The Bertz CT molecular complexity index is 358. The van der Waals surface area contributed by atoms with Crippen molar-refractivity contribution < 1.29 is 14.2 Å². The molecule has 1 aromatic carbocycles. The minimum atomic E-state index is 0.604. The van der Waals surface area contributed by atoms with Crippen LogP contribution in [0.25, 0.3) is 0 Å². The van der Waals surface area contributed by atoms with Crippen molar-refractivity contribution in [3.05, 3.63) is 23.8 Å². The molecule has 1 rings (SSSR count). The number of hydrogen-bond donors (Lipinski definition) is 1. The molecule has 114 valence electrons. The maximum atomic E-state index is 5.54. The van der Waals surface area contributed by atoms with Gasteiger partial charge in [-0.25, -0.2) is 0 Å². The first-order valence-corrected chi connectivity index (χ1v) is 7.16. The molecule has 4 nitrogen and oxygen atoms in total. The number of hydrogen-bond acceptors (Lipinski definition) is 4. The van der Waals surface area contributed by atoms with Crippen LogP contribution in [0.4, 0.5) is 0 Å². The molecule has 20 heavy (non-hydrogen) atoms. The van der Waals surface area contributed by atoms with Gasteiger partial charge < -0.3 is 19.5 Å². The number of nitrogens with one attached hydrogen (secondary N) is 1. The highest BCUT2D eigenvalue weighted by atomic mass is 16.5. The van der Waals surface area contributed by atoms with Crippen LogP contribution in [-0.4, -0.2) is 34.0 Å². The van der Waals surface area contributed by atoms with Crippen LogP contribution in [0.2, 0.25) is 0 Å². The third-order valence-corrected chi connectivity index (χ3v) is 2.83. The maximum absolute atomic E-state index is 5.54. The lowest BCUT2D eigenvalue weighted by molar-refractivity contribution is 0.108. The quantitative estimate of drug-likeness (QED) is 0.669. The van der Waals surface area contributed by atoms with E-state index in [4.69, 9.17) is 14.2 Å². The molecule has 0 atom stereocenters. The fourth-order valence-electron chi connectivity index (χ4n) is 1.82. The van der Waals surface area contributed by atoms with Gasteiger partial charge in [-0.05, 0) is 36.6 Å². The van der Waals surface area contributed by atoms with Crippen molar-refractivity contribution in [2.45, 2.75) is 26.8 Å². The Kier molecular flexibility index (Phi) is 8.07. The molecule has 0 unspecified atom stereocenters. The molecule has 1 aromatic rings. The van der Waals surface area contributed by atoms with Crippen LogP contribution in [0.5, 0.6) is 11.5 Å². The second kappa shape index (κ2) is 9.61. The Labute approximate surface area is 122 Å². The van der Waals surface area contributed by atoms with Gasteiger partial charge in [0.05, 0.1) is 14.2 Å². The van der Waals surface area contributed by atoms with E-state index in [-0.39, 0.29) is 0 Å². The van der Waals surface area contributed by atoms with Gasteiger partial charge in [-0.3, -0.25) is 0 Å². The zero-order valence-electron chi connectivity index (χ0n) is 13.1. The summed E-state index contributed by atoms with van der Waals surface area (Å²) in [5.41, 5.74) is 1.16. The van der Waals surface area contributed by atoms with E-state index in [9.17, 15) is 0 Å². The first-order chi connectivity index (χ1) is 9.65. The van der Waals surface area contributed by atoms with Crippen molar-refractivity contribution in [2.24, 2.45) is 5.92 Å². The molecule has 0 spiro atoms. The fraction of sp³-hybridized carbons (Fsp3) is 0.625. The minimum Gasteiger partial charge on any atom is -0.497 e. The third kappa shape index (κ3) is 6.78. The Morgan fingerprint density at radius 2 is 1.70 bits per heavy atom. The molecule has 0 aliphatic carbocycles. The molecule has 0 fully saturated rings. The maximum Gasteiger partial charge on any atom is 0.122 e. The summed E-state index contributed by atoms with van der Waals surface area (Å²) >= 11 is 0. The molecule has 0 aliphatic rings. The lowest BCUT2D eigenvalue weighted by Gasteiger charge is -2.10. The molecule has 1 N–H and O–H groups in total. The summed E-state index contributed by atoms with van der Waals surface area (Å²) in [6, 6.07) is 5.92. The fourth-order valence-corrected chi connectivity index (χ4v) is 1.82. The van der Waals surface area contributed by atoms with Crippen LogP contribution < -0.4 is 14.8 Å². The summed E-state index contributed by atoms with van der Waals surface area (Å²) in [7, 11) is 3.33. The Hall–Kier alpha value is -1.26. The Morgan fingerprint density at radius 3 is 2.25 bits per heavy atom. The normalized spacial score (nSPS) is 10.8. The van der Waals surface area contributed by atoms with Gasteiger partial charge in [0.25, 0.3) is 0 Å². The summed E-state index contributed by atoms with van der Waals surface area (Å²) < 4.78 is 16.0. The monoisotopic (exact) mass is 281 g/mol. The van der Waals surface area contributed by atoms with Gasteiger partial charge in [-0.1, -0.05) is 13.8 Å². The van der Waals surface area contributed by atoms with Crippen molar-refractivity contribution in [1.82, 2.24) is 5.32 Å². The summed E-state index contributed by atoms with van der Waals surface area (Å²) in [4.78, 5) is 0. The average molecular weight is 281 g/mol. The molecule has 0 aliphatic heterocycles. The lowest BCUT2D eigenvalue weighted by Crippen LogP contribution is -2.17. The van der Waals surface area contributed by atoms with Crippen molar-refractivity contribution >= 4 is 0 Å². The lowest BCUT2D eigenvalue weighted by atomic mass is 10.2. The first kappa shape index (κ1) is 16.8. The summed E-state index contributed by atoms with van der Waals surface area (Å²) in [5, 5.41) is 3.40. The molecule has 0 saturated heterocycles. The van der Waals surface area contributed by atoms with Crippen LogP contribution >= 0.6 is 0 Å². The van der Waals surface area contributed by atoms with E-state index in [1.54, 1.807) is 14.2 Å². The van der Waals surface area contributed by atoms with E-state index in [0.717, 1.165) is 49.8 Å². The van der Waals surface area contributed by atoms with Gasteiger partial charge in [0, 0.05) is 25.8 Å². The zero-order valence-corrected chi connectivity index (χ0v) is 13.1. The molecule has 4 heteroatoms. The number of methoxy groups -OCH3 is 2. The molecule has 0 bridgehead atoms. The first-order valence-electron chi connectivity index (χ1n) is 7.16. The van der Waals surface area contributed by atoms with Gasteiger partial charge in [0.2, 0.25) is 0 Å². The molecule has 0 heterocycles. The topological polar surface area (TPSA) is 39.7 Å². The van der Waals surface area contributed by atoms with Crippen molar-refractivity contribution in [1.29, 1.82) is 0 Å². The van der Waals surface area contributed by atoms with Gasteiger partial charge in [0.15, 0.2) is 0 Å². The smallest absolute Gasteiger partial charge is 0.122 e. The number of rotatable bonds is 10. The van der Waals surface area contributed by atoms with Gasteiger partial charge >= 0.3 is 0 Å². The molecule has 0 aromatic heterocycles. The molecular weight excluding hydrogens is 254 g/mol. The minimum absolute atomic E-state index is 0.604. The largest absolute Gasteiger partial charge is 0.497 e. The van der Waals surface area contributed by atoms with E-state index in [2.05, 4.69) is 19.2 Å². The average Bonchev–Trinajstić information content (AvgIpc) is 2.45. The van der Waals surface area contributed by atoms with Crippen LogP contribution in [0, 0.1) is 5.92 Å². The molecule has 0 radical (unpaired) electrons. The highest BCUT2D eigenvalue weighted by Gasteiger charge is 2.01. The highest BCUT2D eigenvalue weighted by molar-refractivity contribution is 5.38. The SMILES string of the molecule is COc1cc(CNCCCOCC(C)C)cc(OC)c1. The van der Waals surface area contributed by atoms with Crippen molar-refractivity contribution in [2.75, 3.05) is 34.0 Å². The van der Waals surface area contributed by atoms with Gasteiger partial charge in [-0.15, -0.1) is 0 Å². The summed E-state index contributed by atoms with van der Waals surface area (Å²) in [5.74, 6) is 2.25. The Balaban J connectivity index is 2.24. The summed E-state index contributed by atoms with van der Waals surface area (Å²) in [6.07, 6.45) is 1.02. The molecule has 0 amide bonds. The Morgan fingerprint density at radius 1 is 1.05 bits per heavy atom. The van der Waals surface area contributed by atoms with E-state index >= 15 is 0 Å². The van der Waals surface area contributed by atoms with Crippen molar-refractivity contribution in [3.63, 3.8) is 0 Å². The zero-order chi connectivity index (χ0) is 14.8. The number of ether oxygens (including phenoxy) is 3. The van der Waals surface area contributed by atoms with Gasteiger partial charge in [-0.2, -0.15) is 0 Å². The van der Waals surface area contributed by atoms with E-state index in [1.165, 1.54) is 0 Å². The van der Waals surface area contributed by atoms with Crippen LogP contribution in [0.1, 0.15) is 25.8 Å². The second-order valence-corrected chi connectivity index (χ2v) is 5.22. The predicted molar refractivity (Wildman–Crippen MR) is 81.5 cm³/mol. The predicted octanol–water partition coefficient (Wildman–Crippen LogP) is 2.86. The van der Waals surface area contributed by atoms with Crippen LogP contribution in [0.3, 0.4) is 0 Å². The van der Waals surface area contributed by atoms with Crippen LogP contribution in [0.15, 0.2) is 18.2 Å². The highest BCUT2D eigenvalue weighted by Crippen LogP contribution is 2.22. The van der Waals surface area contributed by atoms with Gasteiger partial charge in [0.1, 0.15) is 11.5 Å². The third-order valence-electron chi connectivity index (χ3n) is 2.83. The molecular formula is C16H27NO3. The van der Waals surface area contributed by atoms with Crippen molar-refractivity contribution in [3.8, 4) is 11.5 Å². The van der Waals surface area contributed by atoms with E-state index in [0.29, 0.717) is 5.92 Å². The second-order valence-electron chi connectivity index (χ2n) is 5.22. The van der Waals surface area contributed by atoms with Crippen LogP contribution in [-0.2, 0) is 11.3 Å².